The van der Waals surface area contributed by atoms with E-state index in [2.05, 4.69) is 21.2 Å². The number of anilines is 1. The van der Waals surface area contributed by atoms with Crippen molar-refractivity contribution in [3.05, 3.63) is 51.2 Å². The van der Waals surface area contributed by atoms with Crippen LogP contribution in [0.3, 0.4) is 0 Å². The maximum atomic E-state index is 13.5. The van der Waals surface area contributed by atoms with Gasteiger partial charge in [-0.15, -0.1) is 16.5 Å². The third-order valence-corrected chi connectivity index (χ3v) is 6.17. The van der Waals surface area contributed by atoms with E-state index in [0.29, 0.717) is 10.6 Å². The monoisotopic (exact) mass is 466 g/mol. The van der Waals surface area contributed by atoms with Crippen molar-refractivity contribution in [1.29, 1.82) is 5.26 Å². The number of halogens is 3. The first-order valence-electron chi connectivity index (χ1n) is 9.78. The van der Waals surface area contributed by atoms with Crippen LogP contribution in [0.1, 0.15) is 47.1 Å². The number of hydrogen-bond donors (Lipinski definition) is 1. The summed E-state index contributed by atoms with van der Waals surface area (Å²) in [5.41, 5.74) is -2.41. The van der Waals surface area contributed by atoms with Crippen molar-refractivity contribution in [2.75, 3.05) is 25.2 Å². The molecule has 2 aromatic heterocycles. The molecule has 1 aliphatic rings. The van der Waals surface area contributed by atoms with Crippen molar-refractivity contribution in [2.45, 2.75) is 42.7 Å². The van der Waals surface area contributed by atoms with Gasteiger partial charge in [-0.1, -0.05) is 6.92 Å². The molecule has 0 atom stereocenters. The molecule has 0 spiro atoms. The summed E-state index contributed by atoms with van der Waals surface area (Å²) < 4.78 is 40.5. The zero-order chi connectivity index (χ0) is 23.7. The van der Waals surface area contributed by atoms with E-state index in [9.17, 15) is 28.0 Å². The first kappa shape index (κ1) is 23.7. The van der Waals surface area contributed by atoms with Crippen LogP contribution >= 0.6 is 11.8 Å². The Morgan fingerprint density at radius 2 is 2.09 bits per heavy atom. The Morgan fingerprint density at radius 1 is 1.41 bits per heavy atom. The van der Waals surface area contributed by atoms with Gasteiger partial charge in [-0.25, -0.2) is 0 Å². The van der Waals surface area contributed by atoms with E-state index in [0.717, 1.165) is 31.6 Å². The fourth-order valence-electron chi connectivity index (χ4n) is 3.46. The van der Waals surface area contributed by atoms with Crippen LogP contribution in [0, 0.1) is 11.3 Å². The summed E-state index contributed by atoms with van der Waals surface area (Å²) in [5, 5.41) is 12.0. The lowest BCUT2D eigenvalue weighted by Crippen LogP contribution is -2.34. The van der Waals surface area contributed by atoms with Crippen LogP contribution in [-0.4, -0.2) is 35.4 Å². The topological polar surface area (TPSA) is 97.0 Å². The van der Waals surface area contributed by atoms with Gasteiger partial charge in [0, 0.05) is 24.6 Å². The number of alkyl halides is 3. The first-order chi connectivity index (χ1) is 15.1. The number of carbonyl (C=O) groups is 1. The molecule has 0 saturated heterocycles. The van der Waals surface area contributed by atoms with E-state index in [1.54, 1.807) is 6.07 Å². The summed E-state index contributed by atoms with van der Waals surface area (Å²) >= 11 is 1.36. The predicted molar refractivity (Wildman–Crippen MR) is 113 cm³/mol. The highest BCUT2D eigenvalue weighted by molar-refractivity contribution is 7.99. The van der Waals surface area contributed by atoms with E-state index in [-0.39, 0.29) is 21.7 Å². The molecule has 11 heteroatoms. The molecule has 1 fully saturated rings. The van der Waals surface area contributed by atoms with Crippen molar-refractivity contribution in [2.24, 2.45) is 0 Å². The second kappa shape index (κ2) is 8.86. The fraction of sp³-hybridized carbons (Fsp3) is 0.429. The maximum absolute atomic E-state index is 13.5. The Balaban J connectivity index is 2.04. The van der Waals surface area contributed by atoms with Crippen molar-refractivity contribution in [1.82, 2.24) is 9.71 Å². The molecule has 0 amide bonds. The lowest BCUT2D eigenvalue weighted by atomic mass is 9.98. The largest absolute Gasteiger partial charge is 0.434 e. The molecule has 0 bridgehead atoms. The first-order valence-corrected chi connectivity index (χ1v) is 10.8. The molecule has 32 heavy (non-hydrogen) atoms. The van der Waals surface area contributed by atoms with Crippen molar-refractivity contribution < 1.29 is 22.8 Å². The lowest BCUT2D eigenvalue weighted by molar-refractivity contribution is -0.151. The minimum atomic E-state index is -4.86. The SMILES string of the molecule is CCSc1cc(C2(C#N)CC2)cnc1C(=O)Cc1cc(C(F)(F)F)n(OC)c(=O)c1NC. The number of nitrogens with zero attached hydrogens (tertiary/aromatic N) is 3. The molecule has 2 aromatic rings. The van der Waals surface area contributed by atoms with E-state index < -0.39 is 35.0 Å². The quantitative estimate of drug-likeness (QED) is 0.470. The highest BCUT2D eigenvalue weighted by Crippen LogP contribution is 2.48. The number of hydrogen-bond acceptors (Lipinski definition) is 7. The van der Waals surface area contributed by atoms with Gasteiger partial charge >= 0.3 is 11.7 Å². The minimum absolute atomic E-state index is 0.0980. The summed E-state index contributed by atoms with van der Waals surface area (Å²) in [6, 6.07) is 4.77. The van der Waals surface area contributed by atoms with Crippen molar-refractivity contribution >= 4 is 23.2 Å². The highest BCUT2D eigenvalue weighted by Gasteiger charge is 2.45. The van der Waals surface area contributed by atoms with Crippen LogP contribution in [0.4, 0.5) is 18.9 Å². The second-order valence-electron chi connectivity index (χ2n) is 7.26. The lowest BCUT2D eigenvalue weighted by Gasteiger charge is -2.18. The summed E-state index contributed by atoms with van der Waals surface area (Å²) in [6.45, 7) is 1.89. The number of rotatable bonds is 8. The molecule has 0 aromatic carbocycles. The summed E-state index contributed by atoms with van der Waals surface area (Å²) in [4.78, 5) is 35.0. The molecular formula is C21H21F3N4O3S. The Hall–Kier alpha value is -3.00. The predicted octanol–water partition coefficient (Wildman–Crippen LogP) is 3.45. The zero-order valence-corrected chi connectivity index (χ0v) is 18.5. The van der Waals surface area contributed by atoms with Gasteiger partial charge in [0.2, 0.25) is 0 Å². The minimum Gasteiger partial charge on any atom is -0.413 e. The molecule has 2 heterocycles. The van der Waals surface area contributed by atoms with Gasteiger partial charge in [-0.3, -0.25) is 14.6 Å². The van der Waals surface area contributed by atoms with Gasteiger partial charge in [0.05, 0.1) is 11.5 Å². The second-order valence-corrected chi connectivity index (χ2v) is 8.56. The van der Waals surface area contributed by atoms with E-state index in [4.69, 9.17) is 0 Å². The molecular weight excluding hydrogens is 445 g/mol. The van der Waals surface area contributed by atoms with Crippen LogP contribution in [-0.2, 0) is 18.0 Å². The zero-order valence-electron chi connectivity index (χ0n) is 17.7. The number of Topliss-reactive ketones (excluding diaryl/α,β-unsaturated/α-hetero) is 1. The molecule has 3 rings (SSSR count). The van der Waals surface area contributed by atoms with E-state index >= 15 is 0 Å². The molecule has 7 nitrogen and oxygen atoms in total. The number of ketones is 1. The Bertz CT molecular complexity index is 1150. The van der Waals surface area contributed by atoms with Crippen LogP contribution in [0.25, 0.3) is 0 Å². The molecule has 170 valence electrons. The van der Waals surface area contributed by atoms with Gasteiger partial charge in [-0.05, 0) is 41.9 Å². The Morgan fingerprint density at radius 3 is 2.59 bits per heavy atom. The van der Waals surface area contributed by atoms with Crippen molar-refractivity contribution in [3.63, 3.8) is 0 Å². The summed E-state index contributed by atoms with van der Waals surface area (Å²) in [6.07, 6.45) is -2.41. The average Bonchev–Trinajstić information content (AvgIpc) is 3.54. The molecule has 0 unspecified atom stereocenters. The number of carbonyl (C=O) groups excluding carboxylic acids is 1. The Labute approximate surface area is 186 Å². The Kier molecular flexibility index (Phi) is 6.55. The van der Waals surface area contributed by atoms with Gasteiger partial charge in [0.15, 0.2) is 11.5 Å². The number of pyridine rings is 2. The van der Waals surface area contributed by atoms with E-state index in [1.165, 1.54) is 25.0 Å². The van der Waals surface area contributed by atoms with Crippen LogP contribution in [0.2, 0.25) is 0 Å². The van der Waals surface area contributed by atoms with Crippen LogP contribution in [0.15, 0.2) is 28.0 Å². The van der Waals surface area contributed by atoms with Crippen LogP contribution < -0.4 is 15.7 Å². The normalized spacial score (nSPS) is 14.5. The molecule has 1 aliphatic carbocycles. The fourth-order valence-corrected chi connectivity index (χ4v) is 4.28. The van der Waals surface area contributed by atoms with Gasteiger partial charge in [0.1, 0.15) is 18.5 Å². The van der Waals surface area contributed by atoms with Gasteiger partial charge < -0.3 is 10.2 Å². The molecule has 0 radical (unpaired) electrons. The number of thioether (sulfide) groups is 1. The molecule has 0 aliphatic heterocycles. The molecule has 1 saturated carbocycles. The third kappa shape index (κ3) is 4.32. The third-order valence-electron chi connectivity index (χ3n) is 5.26. The molecule has 1 N–H and O–H groups in total. The average molecular weight is 466 g/mol. The standard InChI is InChI=1S/C21H21F3N4O3S/c1-4-32-15-9-13(20(11-25)5-6-20)10-27-18(15)14(29)7-12-8-16(21(22,23)24)28(31-3)19(30)17(12)26-2/h8-10,26H,4-7H2,1-3H3. The van der Waals surface area contributed by atoms with Gasteiger partial charge in [0.25, 0.3) is 0 Å². The number of nitriles is 1. The number of aromatic nitrogens is 2. The smallest absolute Gasteiger partial charge is 0.413 e. The summed E-state index contributed by atoms with van der Waals surface area (Å²) in [5.74, 6) is 0.1000. The summed E-state index contributed by atoms with van der Waals surface area (Å²) in [7, 11) is 2.33. The van der Waals surface area contributed by atoms with Crippen LogP contribution in [0.5, 0.6) is 0 Å². The van der Waals surface area contributed by atoms with Gasteiger partial charge in [-0.2, -0.15) is 18.4 Å². The number of nitrogens with one attached hydrogen (secondary N) is 1. The highest BCUT2D eigenvalue weighted by atomic mass is 32.2. The van der Waals surface area contributed by atoms with Crippen molar-refractivity contribution in [3.8, 4) is 6.07 Å². The maximum Gasteiger partial charge on any atom is 0.434 e. The van der Waals surface area contributed by atoms with E-state index in [1.807, 2.05) is 6.92 Å².